The van der Waals surface area contributed by atoms with Crippen LogP contribution in [0.4, 0.5) is 5.69 Å². The number of fused-ring (bicyclic) bond motifs is 1. The van der Waals surface area contributed by atoms with Gasteiger partial charge in [-0.25, -0.2) is 4.98 Å². The molecule has 0 amide bonds. The number of aromatic amines is 1. The first-order valence-electron chi connectivity index (χ1n) is 6.54. The Morgan fingerprint density at radius 1 is 1.20 bits per heavy atom. The number of hydrogen-bond acceptors (Lipinski definition) is 4. The van der Waals surface area contributed by atoms with Gasteiger partial charge in [-0.2, -0.15) is 4.98 Å². The van der Waals surface area contributed by atoms with Crippen LogP contribution in [0.25, 0.3) is 22.6 Å². The van der Waals surface area contributed by atoms with E-state index in [2.05, 4.69) is 15.0 Å². The summed E-state index contributed by atoms with van der Waals surface area (Å²) < 4.78 is 5.39. The van der Waals surface area contributed by atoms with E-state index in [0.29, 0.717) is 18.1 Å². The second-order valence-electron chi connectivity index (χ2n) is 4.56. The Hall–Kier alpha value is -2.56. The van der Waals surface area contributed by atoms with Crippen molar-refractivity contribution in [3.63, 3.8) is 0 Å². The lowest BCUT2D eigenvalue weighted by Crippen LogP contribution is -1.94. The smallest absolute Gasteiger partial charge is 0.215 e. The number of benzene rings is 1. The van der Waals surface area contributed by atoms with Crippen LogP contribution in [-0.2, 0) is 0 Å². The van der Waals surface area contributed by atoms with Crippen molar-refractivity contribution in [1.82, 2.24) is 15.0 Å². The molecule has 1 aromatic carbocycles. The van der Waals surface area contributed by atoms with Crippen molar-refractivity contribution in [2.24, 2.45) is 0 Å². The molecule has 0 aliphatic heterocycles. The van der Waals surface area contributed by atoms with Crippen LogP contribution >= 0.6 is 0 Å². The molecule has 2 heterocycles. The molecule has 0 bridgehead atoms. The molecule has 0 aliphatic carbocycles. The normalized spacial score (nSPS) is 10.9. The summed E-state index contributed by atoms with van der Waals surface area (Å²) in [5, 5.41) is 0. The lowest BCUT2D eigenvalue weighted by Gasteiger charge is -2.04. The molecule has 0 saturated carbocycles. The van der Waals surface area contributed by atoms with E-state index in [0.717, 1.165) is 28.2 Å². The summed E-state index contributed by atoms with van der Waals surface area (Å²) in [6.07, 6.45) is 0. The Bertz CT molecular complexity index is 764. The zero-order chi connectivity index (χ0) is 14.1. The maximum atomic E-state index is 5.94. The Morgan fingerprint density at radius 2 is 2.05 bits per heavy atom. The van der Waals surface area contributed by atoms with Crippen LogP contribution in [0.3, 0.4) is 0 Å². The lowest BCUT2D eigenvalue weighted by molar-refractivity contribution is 0.328. The fourth-order valence-electron chi connectivity index (χ4n) is 2.14. The van der Waals surface area contributed by atoms with E-state index in [1.165, 1.54) is 0 Å². The monoisotopic (exact) mass is 268 g/mol. The molecule has 5 heteroatoms. The van der Waals surface area contributed by atoms with Gasteiger partial charge < -0.3 is 15.5 Å². The number of H-pyrrole nitrogens is 1. The van der Waals surface area contributed by atoms with E-state index in [-0.39, 0.29) is 0 Å². The standard InChI is InChI=1S/C15H16N4O/c1-3-20-13-8-7-12-15(18-13)19-14(17-12)10-5-4-6-11(16)9(10)2/h4-8H,3,16H2,1-2H3,(H,17,18,19). The van der Waals surface area contributed by atoms with Crippen LogP contribution in [0.2, 0.25) is 0 Å². The largest absolute Gasteiger partial charge is 0.478 e. The van der Waals surface area contributed by atoms with Crippen LogP contribution in [0.15, 0.2) is 30.3 Å². The van der Waals surface area contributed by atoms with E-state index >= 15 is 0 Å². The Balaban J connectivity index is 2.10. The van der Waals surface area contributed by atoms with E-state index < -0.39 is 0 Å². The molecule has 0 saturated heterocycles. The van der Waals surface area contributed by atoms with E-state index in [9.17, 15) is 0 Å². The van der Waals surface area contributed by atoms with Gasteiger partial charge in [0.05, 0.1) is 12.1 Å². The summed E-state index contributed by atoms with van der Waals surface area (Å²) in [4.78, 5) is 12.2. The molecule has 5 nitrogen and oxygen atoms in total. The van der Waals surface area contributed by atoms with Crippen molar-refractivity contribution in [3.05, 3.63) is 35.9 Å². The summed E-state index contributed by atoms with van der Waals surface area (Å²) in [7, 11) is 0. The molecule has 0 atom stereocenters. The average Bonchev–Trinajstić information content (AvgIpc) is 2.85. The first kappa shape index (κ1) is 12.5. The fourth-order valence-corrected chi connectivity index (χ4v) is 2.14. The molecule has 0 spiro atoms. The lowest BCUT2D eigenvalue weighted by atomic mass is 10.1. The fraction of sp³-hybridized carbons (Fsp3) is 0.200. The highest BCUT2D eigenvalue weighted by Gasteiger charge is 2.10. The third kappa shape index (κ3) is 2.07. The summed E-state index contributed by atoms with van der Waals surface area (Å²) in [6.45, 7) is 4.50. The van der Waals surface area contributed by atoms with E-state index in [1.807, 2.05) is 44.2 Å². The third-order valence-electron chi connectivity index (χ3n) is 3.24. The minimum atomic E-state index is 0.586. The molecule has 0 unspecified atom stereocenters. The molecule has 3 aromatic rings. The van der Waals surface area contributed by atoms with Gasteiger partial charge in [-0.05, 0) is 31.5 Å². The van der Waals surface area contributed by atoms with Crippen molar-refractivity contribution in [3.8, 4) is 17.3 Å². The summed E-state index contributed by atoms with van der Waals surface area (Å²) in [5.74, 6) is 1.35. The van der Waals surface area contributed by atoms with Gasteiger partial charge in [0.2, 0.25) is 5.88 Å². The number of nitrogens with one attached hydrogen (secondary N) is 1. The van der Waals surface area contributed by atoms with Gasteiger partial charge in [0.25, 0.3) is 0 Å². The van der Waals surface area contributed by atoms with Gasteiger partial charge in [-0.1, -0.05) is 12.1 Å². The molecule has 2 aromatic heterocycles. The number of anilines is 1. The first-order valence-corrected chi connectivity index (χ1v) is 6.54. The topological polar surface area (TPSA) is 76.8 Å². The predicted octanol–water partition coefficient (Wildman–Crippen LogP) is 2.91. The van der Waals surface area contributed by atoms with Crippen LogP contribution < -0.4 is 10.5 Å². The maximum Gasteiger partial charge on any atom is 0.215 e. The molecule has 3 rings (SSSR count). The number of pyridine rings is 1. The molecule has 0 fully saturated rings. The Labute approximate surface area is 116 Å². The number of hydrogen-bond donors (Lipinski definition) is 2. The Morgan fingerprint density at radius 3 is 2.85 bits per heavy atom. The number of imidazole rings is 1. The summed E-state index contributed by atoms with van der Waals surface area (Å²) in [6, 6.07) is 9.55. The molecular weight excluding hydrogens is 252 g/mol. The van der Waals surface area contributed by atoms with Gasteiger partial charge in [-0.3, -0.25) is 0 Å². The minimum Gasteiger partial charge on any atom is -0.478 e. The second kappa shape index (κ2) is 4.85. The quantitative estimate of drug-likeness (QED) is 0.716. The SMILES string of the molecule is CCOc1ccc2[nH]c(-c3cccc(N)c3C)nc2n1. The third-order valence-corrected chi connectivity index (χ3v) is 3.24. The van der Waals surface area contributed by atoms with Gasteiger partial charge in [0, 0.05) is 17.3 Å². The molecular formula is C15H16N4O. The number of aromatic nitrogens is 3. The van der Waals surface area contributed by atoms with Crippen molar-refractivity contribution in [2.75, 3.05) is 12.3 Å². The van der Waals surface area contributed by atoms with Crippen LogP contribution in [0.1, 0.15) is 12.5 Å². The number of ether oxygens (including phenoxy) is 1. The zero-order valence-corrected chi connectivity index (χ0v) is 11.5. The second-order valence-corrected chi connectivity index (χ2v) is 4.56. The molecule has 0 radical (unpaired) electrons. The average molecular weight is 268 g/mol. The highest BCUT2D eigenvalue weighted by Crippen LogP contribution is 2.26. The van der Waals surface area contributed by atoms with Gasteiger partial charge in [-0.15, -0.1) is 0 Å². The van der Waals surface area contributed by atoms with Crippen molar-refractivity contribution in [1.29, 1.82) is 0 Å². The highest BCUT2D eigenvalue weighted by molar-refractivity contribution is 5.78. The van der Waals surface area contributed by atoms with Crippen molar-refractivity contribution in [2.45, 2.75) is 13.8 Å². The number of nitrogens with zero attached hydrogens (tertiary/aromatic N) is 2. The van der Waals surface area contributed by atoms with Crippen LogP contribution in [0, 0.1) is 6.92 Å². The summed E-state index contributed by atoms with van der Waals surface area (Å²) >= 11 is 0. The molecule has 102 valence electrons. The zero-order valence-electron chi connectivity index (χ0n) is 11.5. The summed E-state index contributed by atoms with van der Waals surface area (Å²) in [5.41, 5.74) is 10.2. The maximum absolute atomic E-state index is 5.94. The van der Waals surface area contributed by atoms with E-state index in [4.69, 9.17) is 10.5 Å². The van der Waals surface area contributed by atoms with Crippen molar-refractivity contribution < 1.29 is 4.74 Å². The Kier molecular flexibility index (Phi) is 3.02. The van der Waals surface area contributed by atoms with Crippen LogP contribution in [-0.4, -0.2) is 21.6 Å². The first-order chi connectivity index (χ1) is 9.69. The predicted molar refractivity (Wildman–Crippen MR) is 79.6 cm³/mol. The van der Waals surface area contributed by atoms with E-state index in [1.54, 1.807) is 0 Å². The molecule has 3 N–H and O–H groups in total. The molecule has 0 aliphatic rings. The molecule has 20 heavy (non-hydrogen) atoms. The van der Waals surface area contributed by atoms with Crippen molar-refractivity contribution >= 4 is 16.9 Å². The van der Waals surface area contributed by atoms with Gasteiger partial charge >= 0.3 is 0 Å². The minimum absolute atomic E-state index is 0.586. The number of rotatable bonds is 3. The van der Waals surface area contributed by atoms with Crippen LogP contribution in [0.5, 0.6) is 5.88 Å². The number of nitrogens with two attached hydrogens (primary N) is 1. The van der Waals surface area contributed by atoms with Gasteiger partial charge in [0.15, 0.2) is 5.65 Å². The number of nitrogen functional groups attached to an aromatic ring is 1. The highest BCUT2D eigenvalue weighted by atomic mass is 16.5. The van der Waals surface area contributed by atoms with Gasteiger partial charge in [0.1, 0.15) is 5.82 Å².